The summed E-state index contributed by atoms with van der Waals surface area (Å²) in [5.74, 6) is 0. The van der Waals surface area contributed by atoms with E-state index in [2.05, 4.69) is 64.5 Å². The summed E-state index contributed by atoms with van der Waals surface area (Å²) >= 11 is 0. The van der Waals surface area contributed by atoms with Crippen molar-refractivity contribution in [1.29, 1.82) is 0 Å². The molecule has 1 unspecified atom stereocenters. The first-order valence-electron chi connectivity index (χ1n) is 10.7. The number of urea groups is 1. The number of anilines is 2. The van der Waals surface area contributed by atoms with E-state index in [9.17, 15) is 4.79 Å². The molecule has 0 saturated carbocycles. The maximum Gasteiger partial charge on any atom is 0.322 e. The lowest BCUT2D eigenvalue weighted by Gasteiger charge is -2.27. The van der Waals surface area contributed by atoms with E-state index in [4.69, 9.17) is 0 Å². The number of rotatable bonds is 3. The highest BCUT2D eigenvalue weighted by Crippen LogP contribution is 2.28. The largest absolute Gasteiger partial charge is 0.370 e. The third kappa shape index (κ3) is 3.52. The van der Waals surface area contributed by atoms with Gasteiger partial charge in [-0.15, -0.1) is 0 Å². The van der Waals surface area contributed by atoms with E-state index in [1.807, 2.05) is 23.1 Å². The summed E-state index contributed by atoms with van der Waals surface area (Å²) in [6, 6.07) is 17.2. The van der Waals surface area contributed by atoms with Gasteiger partial charge in [0.2, 0.25) is 0 Å². The second-order valence-corrected chi connectivity index (χ2v) is 8.63. The van der Waals surface area contributed by atoms with Crippen LogP contribution in [0.3, 0.4) is 0 Å². The molecular weight excluding hydrogens is 374 g/mol. The molecule has 2 aliphatic rings. The van der Waals surface area contributed by atoms with E-state index in [1.54, 1.807) is 0 Å². The highest BCUT2D eigenvalue weighted by molar-refractivity contribution is 5.90. The van der Waals surface area contributed by atoms with E-state index >= 15 is 0 Å². The average molecular weight is 404 g/mol. The number of benzene rings is 2. The van der Waals surface area contributed by atoms with Crippen LogP contribution in [0.15, 0.2) is 48.5 Å². The fraction of sp³-hybridized carbons (Fsp3) is 0.375. The molecule has 0 spiro atoms. The van der Waals surface area contributed by atoms with Crippen LogP contribution in [0.25, 0.3) is 10.9 Å². The van der Waals surface area contributed by atoms with Crippen LogP contribution in [0.2, 0.25) is 0 Å². The molecule has 5 rings (SSSR count). The molecule has 0 radical (unpaired) electrons. The Kier molecular flexibility index (Phi) is 4.87. The third-order valence-corrected chi connectivity index (χ3v) is 6.55. The number of nitrogens with zero attached hydrogens (tertiary/aromatic N) is 3. The lowest BCUT2D eigenvalue weighted by Crippen LogP contribution is -2.38. The number of amides is 2. The zero-order valence-electron chi connectivity index (χ0n) is 17.7. The Hall–Kier alpha value is -2.99. The van der Waals surface area contributed by atoms with Gasteiger partial charge in [-0.2, -0.15) is 0 Å². The van der Waals surface area contributed by atoms with Crippen molar-refractivity contribution in [3.8, 4) is 0 Å². The predicted octanol–water partition coefficient (Wildman–Crippen LogP) is 3.90. The molecule has 1 saturated heterocycles. The van der Waals surface area contributed by atoms with Crippen LogP contribution in [0, 0.1) is 0 Å². The Balaban J connectivity index is 1.23. The molecule has 1 fully saturated rings. The molecular formula is C24H29N5O. The van der Waals surface area contributed by atoms with E-state index in [1.165, 1.54) is 23.1 Å². The molecule has 0 bridgehead atoms. The van der Waals surface area contributed by atoms with Crippen molar-refractivity contribution < 1.29 is 4.79 Å². The SMILES string of the molecule is CN(C)C1CCN(c2ccc(NC(=O)N3CCc4c([nH]c5ccccc45)C3)cc2)C1. The Labute approximate surface area is 177 Å². The van der Waals surface area contributed by atoms with Gasteiger partial charge in [-0.3, -0.25) is 0 Å². The first-order valence-corrected chi connectivity index (χ1v) is 10.7. The molecule has 2 N–H and O–H groups in total. The lowest BCUT2D eigenvalue weighted by atomic mass is 10.0. The molecule has 0 aliphatic carbocycles. The number of hydrogen-bond donors (Lipinski definition) is 2. The number of fused-ring (bicyclic) bond motifs is 3. The van der Waals surface area contributed by atoms with Crippen LogP contribution in [-0.2, 0) is 13.0 Å². The number of aromatic amines is 1. The van der Waals surface area contributed by atoms with Crippen molar-refractivity contribution in [2.75, 3.05) is 43.9 Å². The monoisotopic (exact) mass is 403 g/mol. The number of carbonyl (C=O) groups excluding carboxylic acids is 1. The molecule has 1 atom stereocenters. The van der Waals surface area contributed by atoms with Gasteiger partial charge in [-0.05, 0) is 62.8 Å². The zero-order valence-corrected chi connectivity index (χ0v) is 17.7. The molecule has 156 valence electrons. The number of para-hydroxylation sites is 1. The predicted molar refractivity (Wildman–Crippen MR) is 122 cm³/mol. The summed E-state index contributed by atoms with van der Waals surface area (Å²) in [4.78, 5) is 22.9. The normalized spacial score (nSPS) is 18.8. The summed E-state index contributed by atoms with van der Waals surface area (Å²) in [6.07, 6.45) is 2.07. The van der Waals surface area contributed by atoms with Gasteiger partial charge in [0.15, 0.2) is 0 Å². The molecule has 6 nitrogen and oxygen atoms in total. The Morgan fingerprint density at radius 3 is 2.67 bits per heavy atom. The lowest BCUT2D eigenvalue weighted by molar-refractivity contribution is 0.206. The Morgan fingerprint density at radius 1 is 1.10 bits per heavy atom. The average Bonchev–Trinajstić information content (AvgIpc) is 3.39. The van der Waals surface area contributed by atoms with Gasteiger partial charge in [-0.1, -0.05) is 18.2 Å². The number of likely N-dealkylation sites (N-methyl/N-ethyl adjacent to an activating group) is 1. The fourth-order valence-corrected chi connectivity index (χ4v) is 4.72. The maximum atomic E-state index is 12.8. The van der Waals surface area contributed by atoms with E-state index in [0.717, 1.165) is 43.0 Å². The summed E-state index contributed by atoms with van der Waals surface area (Å²) in [5.41, 5.74) is 5.71. The second-order valence-electron chi connectivity index (χ2n) is 8.63. The second kappa shape index (κ2) is 7.69. The van der Waals surface area contributed by atoms with Crippen LogP contribution in [0.4, 0.5) is 16.2 Å². The number of carbonyl (C=O) groups is 1. The quantitative estimate of drug-likeness (QED) is 0.697. The van der Waals surface area contributed by atoms with Gasteiger partial charge in [0.05, 0.1) is 6.54 Å². The van der Waals surface area contributed by atoms with Gasteiger partial charge in [0, 0.05) is 53.6 Å². The topological polar surface area (TPSA) is 54.6 Å². The molecule has 2 amide bonds. The van der Waals surface area contributed by atoms with Crippen LogP contribution < -0.4 is 10.2 Å². The van der Waals surface area contributed by atoms with Gasteiger partial charge >= 0.3 is 6.03 Å². The first-order chi connectivity index (χ1) is 14.6. The van der Waals surface area contributed by atoms with Gasteiger partial charge in [0.25, 0.3) is 0 Å². The number of aromatic nitrogens is 1. The van der Waals surface area contributed by atoms with Crippen molar-refractivity contribution in [3.63, 3.8) is 0 Å². The maximum absolute atomic E-state index is 12.8. The minimum absolute atomic E-state index is 0.0408. The highest BCUT2D eigenvalue weighted by atomic mass is 16.2. The van der Waals surface area contributed by atoms with Crippen LogP contribution in [-0.4, -0.2) is 60.6 Å². The van der Waals surface area contributed by atoms with Crippen molar-refractivity contribution in [2.24, 2.45) is 0 Å². The molecule has 3 heterocycles. The fourth-order valence-electron chi connectivity index (χ4n) is 4.72. The standard InChI is InChI=1S/C24H29N5O/c1-27(2)19-11-13-28(15-19)18-9-7-17(8-10-18)25-24(30)29-14-12-21-20-5-3-4-6-22(20)26-23(21)16-29/h3-10,19,26H,11-16H2,1-2H3,(H,25,30). The zero-order chi connectivity index (χ0) is 20.7. The van der Waals surface area contributed by atoms with E-state index in [0.29, 0.717) is 12.6 Å². The Morgan fingerprint density at radius 2 is 1.90 bits per heavy atom. The van der Waals surface area contributed by atoms with Crippen LogP contribution in [0.1, 0.15) is 17.7 Å². The summed E-state index contributed by atoms with van der Waals surface area (Å²) in [5, 5.41) is 4.35. The number of hydrogen-bond acceptors (Lipinski definition) is 3. The molecule has 2 aliphatic heterocycles. The van der Waals surface area contributed by atoms with Crippen LogP contribution >= 0.6 is 0 Å². The molecule has 1 aromatic heterocycles. The van der Waals surface area contributed by atoms with Crippen molar-refractivity contribution >= 4 is 28.3 Å². The molecule has 3 aromatic rings. The molecule has 30 heavy (non-hydrogen) atoms. The number of H-pyrrole nitrogens is 1. The highest BCUT2D eigenvalue weighted by Gasteiger charge is 2.25. The smallest absolute Gasteiger partial charge is 0.322 e. The van der Waals surface area contributed by atoms with Crippen molar-refractivity contribution in [1.82, 2.24) is 14.8 Å². The summed E-state index contributed by atoms with van der Waals surface area (Å²) < 4.78 is 0. The Bertz CT molecular complexity index is 1060. The van der Waals surface area contributed by atoms with Crippen molar-refractivity contribution in [2.45, 2.75) is 25.4 Å². The third-order valence-electron chi connectivity index (χ3n) is 6.55. The van der Waals surface area contributed by atoms with Crippen LogP contribution in [0.5, 0.6) is 0 Å². The first kappa shape index (κ1) is 19.0. The molecule has 2 aromatic carbocycles. The molecule has 6 heteroatoms. The minimum atomic E-state index is -0.0408. The summed E-state index contributed by atoms with van der Waals surface area (Å²) in [7, 11) is 4.29. The number of nitrogens with one attached hydrogen (secondary N) is 2. The minimum Gasteiger partial charge on any atom is -0.370 e. The van der Waals surface area contributed by atoms with Gasteiger partial charge in [-0.25, -0.2) is 4.79 Å². The van der Waals surface area contributed by atoms with Gasteiger partial charge in [0.1, 0.15) is 0 Å². The van der Waals surface area contributed by atoms with E-state index < -0.39 is 0 Å². The summed E-state index contributed by atoms with van der Waals surface area (Å²) in [6.45, 7) is 3.49. The van der Waals surface area contributed by atoms with E-state index in [-0.39, 0.29) is 6.03 Å². The van der Waals surface area contributed by atoms with Crippen molar-refractivity contribution in [3.05, 3.63) is 59.8 Å². The van der Waals surface area contributed by atoms with Gasteiger partial charge < -0.3 is 25.0 Å².